The van der Waals surface area contributed by atoms with Crippen LogP contribution in [0.1, 0.15) is 50.5 Å². The van der Waals surface area contributed by atoms with Gasteiger partial charge in [-0.25, -0.2) is 4.98 Å². The Labute approximate surface area is 97.5 Å². The maximum Gasteiger partial charge on any atom is 0.0954 e. The van der Waals surface area contributed by atoms with Gasteiger partial charge in [0, 0.05) is 5.69 Å². The molecule has 1 aliphatic rings. The van der Waals surface area contributed by atoms with E-state index in [9.17, 15) is 5.11 Å². The first-order valence-corrected chi connectivity index (χ1v) is 6.09. The van der Waals surface area contributed by atoms with Gasteiger partial charge in [0.2, 0.25) is 0 Å². The summed E-state index contributed by atoms with van der Waals surface area (Å²) in [6.45, 7) is 8.67. The predicted molar refractivity (Wildman–Crippen MR) is 64.4 cm³/mol. The molecular formula is C13H22N2O. The summed E-state index contributed by atoms with van der Waals surface area (Å²) < 4.78 is 2.15. The average Bonchev–Trinajstić information content (AvgIpc) is 2.52. The van der Waals surface area contributed by atoms with Gasteiger partial charge in [0.15, 0.2) is 0 Å². The van der Waals surface area contributed by atoms with Crippen molar-refractivity contribution in [1.82, 2.24) is 9.55 Å². The Kier molecular flexibility index (Phi) is 2.82. The standard InChI is InChI=1S/C13H22N2O/c1-9-10(2)15(8-14-9)11-7-13(3,4)6-5-12(11)16/h8,11-12,16H,5-7H2,1-4H3. The third-order valence-electron chi connectivity index (χ3n) is 3.97. The Morgan fingerprint density at radius 2 is 2.12 bits per heavy atom. The largest absolute Gasteiger partial charge is 0.391 e. The molecule has 2 rings (SSSR count). The zero-order valence-electron chi connectivity index (χ0n) is 10.7. The topological polar surface area (TPSA) is 38.0 Å². The zero-order chi connectivity index (χ0) is 11.9. The van der Waals surface area contributed by atoms with Crippen LogP contribution in [0, 0.1) is 19.3 Å². The van der Waals surface area contributed by atoms with E-state index in [2.05, 4.69) is 30.3 Å². The fraction of sp³-hybridized carbons (Fsp3) is 0.769. The van der Waals surface area contributed by atoms with Crippen molar-refractivity contribution in [1.29, 1.82) is 0 Å². The van der Waals surface area contributed by atoms with Crippen LogP contribution in [-0.2, 0) is 0 Å². The van der Waals surface area contributed by atoms with E-state index >= 15 is 0 Å². The van der Waals surface area contributed by atoms with Crippen molar-refractivity contribution >= 4 is 0 Å². The lowest BCUT2D eigenvalue weighted by atomic mass is 9.74. The van der Waals surface area contributed by atoms with E-state index in [-0.39, 0.29) is 12.1 Å². The lowest BCUT2D eigenvalue weighted by Gasteiger charge is -2.39. The second-order valence-corrected chi connectivity index (χ2v) is 5.86. The molecule has 1 heterocycles. The summed E-state index contributed by atoms with van der Waals surface area (Å²) in [5, 5.41) is 10.1. The van der Waals surface area contributed by atoms with E-state index < -0.39 is 0 Å². The first-order valence-electron chi connectivity index (χ1n) is 6.09. The van der Waals surface area contributed by atoms with Gasteiger partial charge in [0.05, 0.1) is 24.2 Å². The van der Waals surface area contributed by atoms with Crippen LogP contribution < -0.4 is 0 Å². The van der Waals surface area contributed by atoms with Crippen LogP contribution in [-0.4, -0.2) is 20.8 Å². The molecule has 1 N–H and O–H groups in total. The third-order valence-corrected chi connectivity index (χ3v) is 3.97. The molecule has 0 bridgehead atoms. The number of nitrogens with zero attached hydrogens (tertiary/aromatic N) is 2. The van der Waals surface area contributed by atoms with Crippen LogP contribution in [0.5, 0.6) is 0 Å². The summed E-state index contributed by atoms with van der Waals surface area (Å²) in [6, 6.07) is 0.199. The zero-order valence-corrected chi connectivity index (χ0v) is 10.7. The third kappa shape index (κ3) is 2.01. The number of aryl methyl sites for hydroxylation is 1. The van der Waals surface area contributed by atoms with Crippen LogP contribution in [0.25, 0.3) is 0 Å². The number of hydrogen-bond donors (Lipinski definition) is 1. The molecule has 1 aliphatic carbocycles. The van der Waals surface area contributed by atoms with Crippen LogP contribution >= 0.6 is 0 Å². The molecule has 0 aromatic carbocycles. The molecule has 0 spiro atoms. The Hall–Kier alpha value is -0.830. The van der Waals surface area contributed by atoms with Gasteiger partial charge in [-0.3, -0.25) is 0 Å². The van der Waals surface area contributed by atoms with Gasteiger partial charge < -0.3 is 9.67 Å². The molecule has 1 aromatic heterocycles. The van der Waals surface area contributed by atoms with Crippen LogP contribution in [0.4, 0.5) is 0 Å². The van der Waals surface area contributed by atoms with E-state index in [1.54, 1.807) is 0 Å². The molecule has 90 valence electrons. The number of rotatable bonds is 1. The number of aliphatic hydroxyl groups excluding tert-OH is 1. The molecule has 0 aliphatic heterocycles. The quantitative estimate of drug-likeness (QED) is 0.793. The first kappa shape index (κ1) is 11.6. The summed E-state index contributed by atoms with van der Waals surface area (Å²) in [4.78, 5) is 4.33. The molecule has 0 radical (unpaired) electrons. The summed E-state index contributed by atoms with van der Waals surface area (Å²) in [7, 11) is 0. The summed E-state index contributed by atoms with van der Waals surface area (Å²) in [6.07, 6.45) is 4.69. The minimum absolute atomic E-state index is 0.199. The monoisotopic (exact) mass is 222 g/mol. The van der Waals surface area contributed by atoms with E-state index in [0.29, 0.717) is 5.41 Å². The molecule has 16 heavy (non-hydrogen) atoms. The minimum Gasteiger partial charge on any atom is -0.391 e. The Morgan fingerprint density at radius 3 is 2.69 bits per heavy atom. The van der Waals surface area contributed by atoms with Crippen molar-refractivity contribution in [2.24, 2.45) is 5.41 Å². The molecular weight excluding hydrogens is 200 g/mol. The molecule has 3 heteroatoms. The average molecular weight is 222 g/mol. The van der Waals surface area contributed by atoms with Crippen molar-refractivity contribution in [2.45, 2.75) is 59.1 Å². The Bertz CT molecular complexity index is 381. The molecule has 1 fully saturated rings. The summed E-state index contributed by atoms with van der Waals surface area (Å²) in [5.41, 5.74) is 2.58. The molecule has 2 atom stereocenters. The number of hydrogen-bond acceptors (Lipinski definition) is 2. The normalized spacial score (nSPS) is 29.3. The molecule has 1 saturated carbocycles. The van der Waals surface area contributed by atoms with E-state index in [4.69, 9.17) is 0 Å². The molecule has 1 aromatic rings. The van der Waals surface area contributed by atoms with Crippen LogP contribution in [0.3, 0.4) is 0 Å². The maximum atomic E-state index is 10.1. The number of aromatic nitrogens is 2. The van der Waals surface area contributed by atoms with E-state index in [0.717, 1.165) is 25.0 Å². The second kappa shape index (κ2) is 3.88. The van der Waals surface area contributed by atoms with Gasteiger partial charge in [-0.2, -0.15) is 0 Å². The SMILES string of the molecule is Cc1ncn(C2CC(C)(C)CCC2O)c1C. The van der Waals surface area contributed by atoms with Gasteiger partial charge in [-0.05, 0) is 38.5 Å². The fourth-order valence-corrected chi connectivity index (χ4v) is 2.67. The van der Waals surface area contributed by atoms with Gasteiger partial charge in [0.1, 0.15) is 0 Å². The van der Waals surface area contributed by atoms with E-state index in [1.807, 2.05) is 13.3 Å². The molecule has 0 amide bonds. The van der Waals surface area contributed by atoms with Gasteiger partial charge >= 0.3 is 0 Å². The first-order chi connectivity index (χ1) is 7.41. The van der Waals surface area contributed by atoms with Crippen molar-refractivity contribution in [3.8, 4) is 0 Å². The fourth-order valence-electron chi connectivity index (χ4n) is 2.67. The highest BCUT2D eigenvalue weighted by Gasteiger charge is 2.35. The van der Waals surface area contributed by atoms with Gasteiger partial charge in [-0.1, -0.05) is 13.8 Å². The predicted octanol–water partition coefficient (Wildman–Crippen LogP) is 2.61. The van der Waals surface area contributed by atoms with Crippen LogP contribution in [0.2, 0.25) is 0 Å². The highest BCUT2D eigenvalue weighted by Crippen LogP contribution is 2.41. The Balaban J connectivity index is 2.28. The number of imidazole rings is 1. The minimum atomic E-state index is -0.222. The van der Waals surface area contributed by atoms with Crippen molar-refractivity contribution < 1.29 is 5.11 Å². The maximum absolute atomic E-state index is 10.1. The lowest BCUT2D eigenvalue weighted by molar-refractivity contribution is 0.0272. The summed E-state index contributed by atoms with van der Waals surface area (Å²) in [5.74, 6) is 0. The highest BCUT2D eigenvalue weighted by molar-refractivity contribution is 5.11. The Morgan fingerprint density at radius 1 is 1.44 bits per heavy atom. The number of aliphatic hydroxyl groups is 1. The van der Waals surface area contributed by atoms with Gasteiger partial charge in [-0.15, -0.1) is 0 Å². The molecule has 0 saturated heterocycles. The second-order valence-electron chi connectivity index (χ2n) is 5.86. The molecule has 2 unspecified atom stereocenters. The van der Waals surface area contributed by atoms with Crippen molar-refractivity contribution in [3.63, 3.8) is 0 Å². The lowest BCUT2D eigenvalue weighted by Crippen LogP contribution is -2.35. The van der Waals surface area contributed by atoms with E-state index in [1.165, 1.54) is 5.69 Å². The van der Waals surface area contributed by atoms with Crippen molar-refractivity contribution in [3.05, 3.63) is 17.7 Å². The van der Waals surface area contributed by atoms with Crippen LogP contribution in [0.15, 0.2) is 6.33 Å². The highest BCUT2D eigenvalue weighted by atomic mass is 16.3. The molecule has 3 nitrogen and oxygen atoms in total. The van der Waals surface area contributed by atoms with Crippen molar-refractivity contribution in [2.75, 3.05) is 0 Å². The van der Waals surface area contributed by atoms with Gasteiger partial charge in [0.25, 0.3) is 0 Å². The smallest absolute Gasteiger partial charge is 0.0954 e. The summed E-state index contributed by atoms with van der Waals surface area (Å²) >= 11 is 0.